The van der Waals surface area contributed by atoms with Crippen LogP contribution in [-0.4, -0.2) is 41.6 Å². The lowest BCUT2D eigenvalue weighted by Gasteiger charge is -2.40. The summed E-state index contributed by atoms with van der Waals surface area (Å²) in [6.07, 6.45) is 0.878. The highest BCUT2D eigenvalue weighted by molar-refractivity contribution is 6.23. The number of halogens is 1. The van der Waals surface area contributed by atoms with Crippen LogP contribution in [0.25, 0.3) is 10.9 Å². The predicted molar refractivity (Wildman–Crippen MR) is 147 cm³/mol. The molecular weight excluding hydrogens is 497 g/mol. The van der Waals surface area contributed by atoms with Gasteiger partial charge in [-0.1, -0.05) is 31.2 Å². The summed E-state index contributed by atoms with van der Waals surface area (Å²) in [5.74, 6) is 0.292. The summed E-state index contributed by atoms with van der Waals surface area (Å²) in [5.41, 5.74) is 2.61. The van der Waals surface area contributed by atoms with Crippen LogP contribution in [-0.2, 0) is 10.3 Å². The van der Waals surface area contributed by atoms with Crippen LogP contribution in [0.5, 0.6) is 11.5 Å². The van der Waals surface area contributed by atoms with E-state index in [4.69, 9.17) is 9.47 Å². The first-order chi connectivity index (χ1) is 18.9. The Bertz CT molecular complexity index is 1580. The normalized spacial score (nSPS) is 20.4. The largest absolute Gasteiger partial charge is 0.490 e. The number of fused-ring (bicyclic) bond motifs is 5. The van der Waals surface area contributed by atoms with Gasteiger partial charge in [0.15, 0.2) is 17.0 Å². The molecule has 2 aliphatic rings. The first-order valence-electron chi connectivity index (χ1n) is 13.3. The van der Waals surface area contributed by atoms with Crippen molar-refractivity contribution in [3.63, 3.8) is 0 Å². The molecule has 1 aromatic heterocycles. The van der Waals surface area contributed by atoms with Crippen LogP contribution in [0.3, 0.4) is 0 Å². The van der Waals surface area contributed by atoms with E-state index in [1.54, 1.807) is 11.8 Å². The molecule has 0 spiro atoms. The SMILES string of the molecule is CCCOc1ccc([C@H]2CN3C(=O)N(c4ccc(F)cc4)C(=O)[C@]3(C)c3[nH]c4ccccc4c32)cc1OCC. The topological polar surface area (TPSA) is 74.9 Å². The summed E-state index contributed by atoms with van der Waals surface area (Å²) in [6.45, 7) is 7.12. The highest BCUT2D eigenvalue weighted by Gasteiger charge is 2.60. The third-order valence-electron chi connectivity index (χ3n) is 7.74. The number of aromatic amines is 1. The van der Waals surface area contributed by atoms with E-state index in [0.29, 0.717) is 36.1 Å². The molecule has 200 valence electrons. The van der Waals surface area contributed by atoms with Crippen molar-refractivity contribution in [1.29, 1.82) is 0 Å². The number of H-pyrrole nitrogens is 1. The molecule has 0 unspecified atom stereocenters. The van der Waals surface area contributed by atoms with Gasteiger partial charge in [0.2, 0.25) is 0 Å². The number of imide groups is 1. The van der Waals surface area contributed by atoms with Crippen molar-refractivity contribution in [3.05, 3.63) is 89.4 Å². The first-order valence-corrected chi connectivity index (χ1v) is 13.3. The van der Waals surface area contributed by atoms with Gasteiger partial charge in [0.05, 0.1) is 24.6 Å². The number of nitrogens with zero attached hydrogens (tertiary/aromatic N) is 2. The van der Waals surface area contributed by atoms with Gasteiger partial charge in [0.25, 0.3) is 5.91 Å². The summed E-state index contributed by atoms with van der Waals surface area (Å²) in [4.78, 5) is 34.2. The van der Waals surface area contributed by atoms with Crippen LogP contribution in [0.15, 0.2) is 66.7 Å². The number of para-hydroxylation sites is 1. The summed E-state index contributed by atoms with van der Waals surface area (Å²) in [7, 11) is 0. The maximum Gasteiger partial charge on any atom is 0.332 e. The molecule has 6 rings (SSSR count). The smallest absolute Gasteiger partial charge is 0.332 e. The first kappa shape index (κ1) is 25.0. The Labute approximate surface area is 226 Å². The van der Waals surface area contributed by atoms with Gasteiger partial charge in [-0.2, -0.15) is 0 Å². The van der Waals surface area contributed by atoms with Crippen LogP contribution in [0, 0.1) is 5.82 Å². The van der Waals surface area contributed by atoms with Crippen molar-refractivity contribution >= 4 is 28.5 Å². The van der Waals surface area contributed by atoms with Gasteiger partial charge in [-0.3, -0.25) is 4.79 Å². The number of benzene rings is 3. The van der Waals surface area contributed by atoms with Gasteiger partial charge in [-0.05, 0) is 73.9 Å². The fourth-order valence-corrected chi connectivity index (χ4v) is 5.85. The minimum absolute atomic E-state index is 0.228. The minimum atomic E-state index is -1.25. The Morgan fingerprint density at radius 1 is 1.00 bits per heavy atom. The number of nitrogens with one attached hydrogen (secondary N) is 1. The fourth-order valence-electron chi connectivity index (χ4n) is 5.85. The minimum Gasteiger partial charge on any atom is -0.490 e. The summed E-state index contributed by atoms with van der Waals surface area (Å²) >= 11 is 0. The second-order valence-corrected chi connectivity index (χ2v) is 10.1. The van der Waals surface area contributed by atoms with E-state index in [1.807, 2.05) is 49.4 Å². The van der Waals surface area contributed by atoms with Gasteiger partial charge in [0.1, 0.15) is 5.82 Å². The third-order valence-corrected chi connectivity index (χ3v) is 7.74. The molecule has 0 saturated carbocycles. The second kappa shape index (κ2) is 9.45. The molecule has 1 saturated heterocycles. The van der Waals surface area contributed by atoms with Crippen molar-refractivity contribution in [3.8, 4) is 11.5 Å². The molecule has 0 bridgehead atoms. The highest BCUT2D eigenvalue weighted by Crippen LogP contribution is 2.51. The fraction of sp³-hybridized carbons (Fsp3) is 0.290. The lowest BCUT2D eigenvalue weighted by molar-refractivity contribution is -0.125. The summed E-state index contributed by atoms with van der Waals surface area (Å²) < 4.78 is 25.5. The number of amides is 3. The van der Waals surface area contributed by atoms with Crippen LogP contribution in [0.2, 0.25) is 0 Å². The van der Waals surface area contributed by atoms with E-state index < -0.39 is 17.4 Å². The molecule has 7 nitrogen and oxygen atoms in total. The maximum atomic E-state index is 14.0. The molecular formula is C31H30FN3O4. The van der Waals surface area contributed by atoms with Gasteiger partial charge >= 0.3 is 6.03 Å². The maximum absolute atomic E-state index is 14.0. The molecule has 4 aromatic rings. The molecule has 8 heteroatoms. The molecule has 1 N–H and O–H groups in total. The van der Waals surface area contributed by atoms with Crippen LogP contribution in [0.1, 0.15) is 49.9 Å². The number of ether oxygens (including phenoxy) is 2. The zero-order valence-electron chi connectivity index (χ0n) is 22.2. The number of hydrogen-bond acceptors (Lipinski definition) is 4. The molecule has 3 amide bonds. The lowest BCUT2D eigenvalue weighted by atomic mass is 9.78. The average molecular weight is 528 g/mol. The van der Waals surface area contributed by atoms with Gasteiger partial charge in [0, 0.05) is 23.4 Å². The Balaban J connectivity index is 1.52. The second-order valence-electron chi connectivity index (χ2n) is 10.1. The Morgan fingerprint density at radius 3 is 2.51 bits per heavy atom. The van der Waals surface area contributed by atoms with Crippen molar-refractivity contribution in [2.45, 2.75) is 38.6 Å². The standard InChI is InChI=1S/C31H30FN3O4/c1-4-16-39-25-15-10-19(17-26(25)38-5-2)23-18-34-30(37)35(21-13-11-20(32)12-14-21)29(36)31(34,3)28-27(23)22-8-6-7-9-24(22)33-28/h6-15,17,23,33H,4-5,16,18H2,1-3H3/t23-,31+/m1/s1. The van der Waals surface area contributed by atoms with Crippen LogP contribution < -0.4 is 14.4 Å². The number of rotatable bonds is 7. The number of carbonyl (C=O) groups is 2. The molecule has 2 atom stereocenters. The van der Waals surface area contributed by atoms with Gasteiger partial charge < -0.3 is 19.4 Å². The molecule has 39 heavy (non-hydrogen) atoms. The predicted octanol–water partition coefficient (Wildman–Crippen LogP) is 6.32. The van der Waals surface area contributed by atoms with Crippen LogP contribution >= 0.6 is 0 Å². The average Bonchev–Trinajstić information content (AvgIpc) is 3.42. The lowest BCUT2D eigenvalue weighted by Crippen LogP contribution is -2.50. The monoisotopic (exact) mass is 527 g/mol. The Morgan fingerprint density at radius 2 is 1.77 bits per heavy atom. The molecule has 1 fully saturated rings. The molecule has 0 radical (unpaired) electrons. The van der Waals surface area contributed by atoms with Crippen molar-refractivity contribution in [2.24, 2.45) is 0 Å². The quantitative estimate of drug-likeness (QED) is 0.285. The van der Waals surface area contributed by atoms with Crippen LogP contribution in [0.4, 0.5) is 14.9 Å². The Hall–Kier alpha value is -4.33. The van der Waals surface area contributed by atoms with E-state index in [1.165, 1.54) is 24.3 Å². The number of urea groups is 1. The number of anilines is 1. The van der Waals surface area contributed by atoms with E-state index in [0.717, 1.165) is 33.4 Å². The van der Waals surface area contributed by atoms with Crippen molar-refractivity contribution in [2.75, 3.05) is 24.7 Å². The highest BCUT2D eigenvalue weighted by atomic mass is 19.1. The summed E-state index contributed by atoms with van der Waals surface area (Å²) in [6, 6.07) is 18.8. The van der Waals surface area contributed by atoms with Gasteiger partial charge in [-0.25, -0.2) is 14.1 Å². The van der Waals surface area contributed by atoms with Crippen molar-refractivity contribution < 1.29 is 23.5 Å². The van der Waals surface area contributed by atoms with E-state index in [9.17, 15) is 14.0 Å². The van der Waals surface area contributed by atoms with Gasteiger partial charge in [-0.15, -0.1) is 0 Å². The third kappa shape index (κ3) is 3.77. The Kier molecular flexibility index (Phi) is 6.05. The van der Waals surface area contributed by atoms with E-state index in [2.05, 4.69) is 11.9 Å². The summed E-state index contributed by atoms with van der Waals surface area (Å²) in [5, 5.41) is 1.00. The number of carbonyl (C=O) groups excluding carboxylic acids is 2. The molecule has 0 aliphatic carbocycles. The van der Waals surface area contributed by atoms with Crippen molar-refractivity contribution in [1.82, 2.24) is 9.88 Å². The molecule has 2 aliphatic heterocycles. The van der Waals surface area contributed by atoms with E-state index >= 15 is 0 Å². The number of aromatic nitrogens is 1. The zero-order chi connectivity index (χ0) is 27.3. The van der Waals surface area contributed by atoms with E-state index in [-0.39, 0.29) is 18.4 Å². The molecule has 3 aromatic carbocycles. The molecule has 3 heterocycles. The number of hydrogen-bond donors (Lipinski definition) is 1. The zero-order valence-corrected chi connectivity index (χ0v) is 22.2.